The first-order valence-electron chi connectivity index (χ1n) is 12.0. The van der Waals surface area contributed by atoms with E-state index in [0.717, 1.165) is 12.1 Å². The molecule has 0 spiro atoms. The molecule has 0 aliphatic carbocycles. The Bertz CT molecular complexity index is 1260. The summed E-state index contributed by atoms with van der Waals surface area (Å²) in [5.74, 6) is 0.284. The van der Waals surface area contributed by atoms with Crippen molar-refractivity contribution < 1.29 is 41.7 Å². The third-order valence-electron chi connectivity index (χ3n) is 6.32. The molecule has 2 heterocycles. The quantitative estimate of drug-likeness (QED) is 0.433. The first-order chi connectivity index (χ1) is 18.6. The van der Waals surface area contributed by atoms with E-state index in [9.17, 15) is 18.0 Å². The molecule has 9 nitrogen and oxygen atoms in total. The average molecular weight is 548 g/mol. The summed E-state index contributed by atoms with van der Waals surface area (Å²) in [4.78, 5) is 21.2. The largest absolute Gasteiger partial charge is 0.416 e. The fraction of sp³-hybridized carbons (Fsp3) is 0.370. The third kappa shape index (κ3) is 6.53. The molecule has 12 heteroatoms. The van der Waals surface area contributed by atoms with E-state index in [2.05, 4.69) is 15.3 Å². The molecule has 1 fully saturated rings. The molecule has 1 aromatic heterocycles. The Morgan fingerprint density at radius 2 is 1.49 bits per heavy atom. The molecule has 5 atom stereocenters. The summed E-state index contributed by atoms with van der Waals surface area (Å²) in [6.45, 7) is 1.79. The van der Waals surface area contributed by atoms with Crippen LogP contribution in [0.15, 0.2) is 60.8 Å². The second kappa shape index (κ2) is 12.1. The summed E-state index contributed by atoms with van der Waals surface area (Å²) in [7, 11) is 4.52. The van der Waals surface area contributed by atoms with Crippen molar-refractivity contribution in [2.24, 2.45) is 0 Å². The van der Waals surface area contributed by atoms with Crippen molar-refractivity contribution in [3.8, 4) is 22.6 Å². The van der Waals surface area contributed by atoms with Crippen LogP contribution in [-0.4, -0.2) is 68.1 Å². The Morgan fingerprint density at radius 3 is 2.08 bits per heavy atom. The maximum Gasteiger partial charge on any atom is 0.416 e. The lowest BCUT2D eigenvalue weighted by Gasteiger charge is -2.43. The molecule has 1 N–H and O–H groups in total. The molecule has 0 bridgehead atoms. The summed E-state index contributed by atoms with van der Waals surface area (Å²) in [5, 5.41) is 2.65. The molecule has 2 aromatic carbocycles. The minimum absolute atomic E-state index is 0.284. The number of hydrogen-bond acceptors (Lipinski definition) is 8. The summed E-state index contributed by atoms with van der Waals surface area (Å²) in [5.41, 5.74) is 1.43. The van der Waals surface area contributed by atoms with E-state index in [0.29, 0.717) is 22.5 Å². The highest BCUT2D eigenvalue weighted by molar-refractivity contribution is 5.85. The van der Waals surface area contributed by atoms with Crippen LogP contribution in [0.5, 0.6) is 0 Å². The molecule has 5 unspecified atom stereocenters. The Hall–Kier alpha value is -3.58. The van der Waals surface area contributed by atoms with E-state index in [1.54, 1.807) is 37.3 Å². The zero-order chi connectivity index (χ0) is 28.2. The number of rotatable bonds is 7. The molecule has 1 aliphatic rings. The normalized spacial score (nSPS) is 23.3. The number of amides is 1. The number of carbonyl (C=O) groups excluding carboxylic acids is 1. The Balaban J connectivity index is 1.42. The molecular weight excluding hydrogens is 519 g/mol. The Kier molecular flexibility index (Phi) is 8.80. The van der Waals surface area contributed by atoms with Gasteiger partial charge in [-0.15, -0.1) is 0 Å². The van der Waals surface area contributed by atoms with Gasteiger partial charge in [0.15, 0.2) is 5.82 Å². The van der Waals surface area contributed by atoms with E-state index in [1.807, 2.05) is 0 Å². The van der Waals surface area contributed by atoms with E-state index in [4.69, 9.17) is 23.7 Å². The van der Waals surface area contributed by atoms with Gasteiger partial charge >= 0.3 is 12.3 Å². The van der Waals surface area contributed by atoms with Crippen LogP contribution in [0, 0.1) is 0 Å². The highest BCUT2D eigenvalue weighted by Gasteiger charge is 2.47. The van der Waals surface area contributed by atoms with Gasteiger partial charge in [-0.2, -0.15) is 13.2 Å². The van der Waals surface area contributed by atoms with Gasteiger partial charge in [-0.3, -0.25) is 5.32 Å². The first kappa shape index (κ1) is 28.4. The highest BCUT2D eigenvalue weighted by Crippen LogP contribution is 2.31. The molecule has 0 saturated carbocycles. The number of carbonyl (C=O) groups is 1. The van der Waals surface area contributed by atoms with Gasteiger partial charge in [-0.1, -0.05) is 24.3 Å². The monoisotopic (exact) mass is 547 g/mol. The lowest BCUT2D eigenvalue weighted by atomic mass is 9.99. The van der Waals surface area contributed by atoms with Crippen LogP contribution >= 0.6 is 0 Å². The number of aromatic nitrogens is 2. The molecule has 39 heavy (non-hydrogen) atoms. The van der Waals surface area contributed by atoms with E-state index < -0.39 is 48.5 Å². The van der Waals surface area contributed by atoms with Crippen LogP contribution in [-0.2, 0) is 29.9 Å². The van der Waals surface area contributed by atoms with E-state index >= 15 is 0 Å². The van der Waals surface area contributed by atoms with Gasteiger partial charge in [-0.25, -0.2) is 14.8 Å². The van der Waals surface area contributed by atoms with Crippen molar-refractivity contribution in [2.45, 2.75) is 43.8 Å². The molecule has 208 valence electrons. The maximum atomic E-state index is 12.9. The van der Waals surface area contributed by atoms with Crippen LogP contribution in [0.25, 0.3) is 22.6 Å². The number of anilines is 1. The second-order valence-corrected chi connectivity index (χ2v) is 8.76. The van der Waals surface area contributed by atoms with Crippen molar-refractivity contribution in [1.29, 1.82) is 0 Å². The molecule has 4 rings (SSSR count). The SMILES string of the molecule is COC1C(C)OC(OC(=O)Nc2ccc(-c3ccnc(-c4ccc(C(F)(F)F)cc4)n3)cc2)C(OC)C1OC. The minimum atomic E-state index is -4.42. The minimum Gasteiger partial charge on any atom is -0.416 e. The molecular formula is C27H28F3N3O6. The van der Waals surface area contributed by atoms with Gasteiger partial charge in [0.2, 0.25) is 6.29 Å². The zero-order valence-electron chi connectivity index (χ0n) is 21.6. The third-order valence-corrected chi connectivity index (χ3v) is 6.32. The number of methoxy groups -OCH3 is 3. The fourth-order valence-corrected chi connectivity index (χ4v) is 4.35. The van der Waals surface area contributed by atoms with Gasteiger partial charge in [-0.05, 0) is 37.3 Å². The van der Waals surface area contributed by atoms with E-state index in [1.165, 1.54) is 39.7 Å². The summed E-state index contributed by atoms with van der Waals surface area (Å²) in [6, 6.07) is 13.1. The van der Waals surface area contributed by atoms with Crippen molar-refractivity contribution in [3.63, 3.8) is 0 Å². The topological polar surface area (TPSA) is 101 Å². The first-order valence-corrected chi connectivity index (χ1v) is 12.0. The number of halogens is 3. The number of alkyl halides is 3. The highest BCUT2D eigenvalue weighted by atomic mass is 19.4. The van der Waals surface area contributed by atoms with Crippen LogP contribution in [0.2, 0.25) is 0 Å². The molecule has 1 saturated heterocycles. The lowest BCUT2D eigenvalue weighted by Crippen LogP contribution is -2.59. The number of hydrogen-bond donors (Lipinski definition) is 1. The molecule has 3 aromatic rings. The van der Waals surface area contributed by atoms with Crippen LogP contribution in [0.4, 0.5) is 23.7 Å². The van der Waals surface area contributed by atoms with Crippen molar-refractivity contribution in [1.82, 2.24) is 9.97 Å². The number of nitrogens with zero attached hydrogens (tertiary/aromatic N) is 2. The number of nitrogens with one attached hydrogen (secondary N) is 1. The van der Waals surface area contributed by atoms with Crippen molar-refractivity contribution >= 4 is 11.8 Å². The number of ether oxygens (including phenoxy) is 5. The lowest BCUT2D eigenvalue weighted by molar-refractivity contribution is -0.288. The molecule has 1 amide bonds. The molecule has 0 radical (unpaired) electrons. The molecule has 1 aliphatic heterocycles. The van der Waals surface area contributed by atoms with Crippen LogP contribution in [0.3, 0.4) is 0 Å². The van der Waals surface area contributed by atoms with Gasteiger partial charge in [0.25, 0.3) is 0 Å². The number of benzene rings is 2. The smallest absolute Gasteiger partial charge is 0.416 e. The van der Waals surface area contributed by atoms with Crippen LogP contribution in [0.1, 0.15) is 12.5 Å². The standard InChI is InChI=1S/C27H28F3N3O6/c1-15-21(35-2)22(36-3)23(37-4)25(38-15)39-26(34)32-19-11-7-16(8-12-19)20-13-14-31-24(33-20)17-5-9-18(10-6-17)27(28,29)30/h5-15,21-23,25H,1-4H3,(H,32,34). The summed E-state index contributed by atoms with van der Waals surface area (Å²) in [6.07, 6.45) is -6.71. The zero-order valence-corrected chi connectivity index (χ0v) is 21.6. The second-order valence-electron chi connectivity index (χ2n) is 8.76. The predicted octanol–water partition coefficient (Wildman–Crippen LogP) is 5.17. The van der Waals surface area contributed by atoms with Gasteiger partial charge in [0.05, 0.1) is 17.4 Å². The van der Waals surface area contributed by atoms with E-state index in [-0.39, 0.29) is 5.82 Å². The maximum absolute atomic E-state index is 12.9. The predicted molar refractivity (Wildman–Crippen MR) is 135 cm³/mol. The fourth-order valence-electron chi connectivity index (χ4n) is 4.35. The summed E-state index contributed by atoms with van der Waals surface area (Å²) >= 11 is 0. The van der Waals surface area contributed by atoms with Gasteiger partial charge < -0.3 is 23.7 Å². The van der Waals surface area contributed by atoms with Crippen LogP contribution < -0.4 is 5.32 Å². The summed E-state index contributed by atoms with van der Waals surface area (Å²) < 4.78 is 66.3. The van der Waals surface area contributed by atoms with Crippen molar-refractivity contribution in [2.75, 3.05) is 26.6 Å². The van der Waals surface area contributed by atoms with Crippen molar-refractivity contribution in [3.05, 3.63) is 66.4 Å². The average Bonchev–Trinajstić information content (AvgIpc) is 2.92. The Morgan fingerprint density at radius 1 is 0.872 bits per heavy atom. The van der Waals surface area contributed by atoms with Gasteiger partial charge in [0, 0.05) is 44.3 Å². The Labute approximate surface area is 223 Å². The van der Waals surface area contributed by atoms with Gasteiger partial charge in [0.1, 0.15) is 18.3 Å².